The molecule has 2 aromatic carbocycles. The van der Waals surface area contributed by atoms with Crippen LogP contribution in [0.5, 0.6) is 0 Å². The molecule has 0 amide bonds. The molecule has 7 heteroatoms. The summed E-state index contributed by atoms with van der Waals surface area (Å²) in [6.07, 6.45) is 4.35. The molecule has 7 nitrogen and oxygen atoms in total. The van der Waals surface area contributed by atoms with Gasteiger partial charge in [0.25, 0.3) is 0 Å². The predicted octanol–water partition coefficient (Wildman–Crippen LogP) is 4.38. The maximum Gasteiger partial charge on any atom is 0.162 e. The van der Waals surface area contributed by atoms with Gasteiger partial charge in [-0.25, -0.2) is 9.97 Å². The maximum atomic E-state index is 5.06. The summed E-state index contributed by atoms with van der Waals surface area (Å²) in [7, 11) is 10.5. The molecule has 0 aliphatic heterocycles. The van der Waals surface area contributed by atoms with Gasteiger partial charge in [0.05, 0.1) is 5.69 Å². The van der Waals surface area contributed by atoms with Crippen molar-refractivity contribution >= 4 is 11.0 Å². The molecule has 0 fully saturated rings. The molecule has 0 saturated carbocycles. The van der Waals surface area contributed by atoms with Crippen molar-refractivity contribution in [3.05, 3.63) is 71.9 Å². The largest absolute Gasteiger partial charge is 0.335 e. The van der Waals surface area contributed by atoms with Crippen molar-refractivity contribution in [2.75, 3.05) is 54.4 Å². The predicted molar refractivity (Wildman–Crippen MR) is 159 cm³/mol. The van der Waals surface area contributed by atoms with E-state index in [1.807, 2.05) is 7.05 Å². The van der Waals surface area contributed by atoms with Crippen molar-refractivity contribution in [2.45, 2.75) is 25.9 Å². The Kier molecular flexibility index (Phi) is 10.0. The minimum absolute atomic E-state index is 0.756. The molecule has 4 aromatic rings. The van der Waals surface area contributed by atoms with Gasteiger partial charge >= 0.3 is 0 Å². The van der Waals surface area contributed by atoms with E-state index in [4.69, 9.17) is 9.97 Å². The van der Waals surface area contributed by atoms with Gasteiger partial charge in [-0.05, 0) is 84.4 Å². The summed E-state index contributed by atoms with van der Waals surface area (Å²) in [6.45, 7) is 5.98. The molecule has 38 heavy (non-hydrogen) atoms. The van der Waals surface area contributed by atoms with Crippen LogP contribution in [0.2, 0.25) is 0 Å². The fourth-order valence-electron chi connectivity index (χ4n) is 4.54. The molecular weight excluding hydrogens is 470 g/mol. The van der Waals surface area contributed by atoms with Gasteiger partial charge in [0.1, 0.15) is 5.65 Å². The zero-order valence-corrected chi connectivity index (χ0v) is 23.7. The number of hydrogen-bond donors (Lipinski definition) is 2. The lowest BCUT2D eigenvalue weighted by atomic mass is 10.1. The molecule has 2 aromatic heterocycles. The average molecular weight is 514 g/mol. The average Bonchev–Trinajstić information content (AvgIpc) is 3.29. The minimum atomic E-state index is 0.756. The number of fused-ring (bicyclic) bond motifs is 1. The third-order valence-corrected chi connectivity index (χ3v) is 6.74. The van der Waals surface area contributed by atoms with Crippen LogP contribution in [-0.2, 0) is 20.1 Å². The topological polar surface area (TPSA) is 61.2 Å². The second-order valence-electron chi connectivity index (χ2n) is 10.6. The van der Waals surface area contributed by atoms with Crippen LogP contribution in [0.15, 0.2) is 60.8 Å². The number of benzene rings is 2. The van der Waals surface area contributed by atoms with Crippen molar-refractivity contribution in [1.82, 2.24) is 35.0 Å². The lowest BCUT2D eigenvalue weighted by molar-refractivity contribution is 0.394. The van der Waals surface area contributed by atoms with Gasteiger partial charge in [0.15, 0.2) is 5.82 Å². The van der Waals surface area contributed by atoms with Crippen LogP contribution in [0.25, 0.3) is 33.7 Å². The zero-order valence-electron chi connectivity index (χ0n) is 23.7. The molecule has 2 heterocycles. The van der Waals surface area contributed by atoms with Crippen LogP contribution in [-0.4, -0.2) is 78.7 Å². The number of rotatable bonds is 14. The number of aromatic nitrogens is 3. The Hall–Kier alpha value is -3.10. The molecule has 0 atom stereocenters. The van der Waals surface area contributed by atoms with Crippen LogP contribution in [0.3, 0.4) is 0 Å². The Balaban J connectivity index is 1.47. The van der Waals surface area contributed by atoms with E-state index >= 15 is 0 Å². The highest BCUT2D eigenvalue weighted by molar-refractivity contribution is 5.92. The van der Waals surface area contributed by atoms with Gasteiger partial charge in [-0.1, -0.05) is 48.5 Å². The number of nitrogens with zero attached hydrogens (tertiary/aromatic N) is 5. The fraction of sp³-hybridized carbons (Fsp3) is 0.419. The summed E-state index contributed by atoms with van der Waals surface area (Å²) < 4.78 is 2.07. The van der Waals surface area contributed by atoms with E-state index in [1.165, 1.54) is 11.1 Å². The SMILES string of the molecule is CN(C)CCCNCc1ccc(-c2nc(-c3ccc(CNCCCN(C)C)cc3)c3ccn(C)c3n2)cc1. The lowest BCUT2D eigenvalue weighted by Gasteiger charge is -2.11. The third kappa shape index (κ3) is 7.71. The van der Waals surface area contributed by atoms with E-state index < -0.39 is 0 Å². The molecule has 0 aliphatic rings. The molecule has 2 N–H and O–H groups in total. The maximum absolute atomic E-state index is 5.06. The molecule has 0 bridgehead atoms. The monoisotopic (exact) mass is 513 g/mol. The zero-order chi connectivity index (χ0) is 26.9. The molecule has 0 saturated heterocycles. The summed E-state index contributed by atoms with van der Waals surface area (Å²) >= 11 is 0. The normalized spacial score (nSPS) is 11.8. The van der Waals surface area contributed by atoms with E-state index in [1.54, 1.807) is 0 Å². The van der Waals surface area contributed by atoms with E-state index in [9.17, 15) is 0 Å². The van der Waals surface area contributed by atoms with Crippen LogP contribution < -0.4 is 10.6 Å². The van der Waals surface area contributed by atoms with Crippen molar-refractivity contribution in [3.63, 3.8) is 0 Å². The van der Waals surface area contributed by atoms with E-state index in [0.29, 0.717) is 0 Å². The summed E-state index contributed by atoms with van der Waals surface area (Å²) in [6, 6.07) is 19.5. The summed E-state index contributed by atoms with van der Waals surface area (Å²) in [4.78, 5) is 14.4. The van der Waals surface area contributed by atoms with Crippen LogP contribution in [0, 0.1) is 0 Å². The van der Waals surface area contributed by atoms with Crippen LogP contribution in [0.4, 0.5) is 0 Å². The highest BCUT2D eigenvalue weighted by atomic mass is 15.1. The molecule has 202 valence electrons. The van der Waals surface area contributed by atoms with Gasteiger partial charge in [0.2, 0.25) is 0 Å². The number of nitrogens with one attached hydrogen (secondary N) is 2. The second kappa shape index (κ2) is 13.6. The molecule has 4 rings (SSSR count). The Morgan fingerprint density at radius 1 is 0.684 bits per heavy atom. The minimum Gasteiger partial charge on any atom is -0.335 e. The lowest BCUT2D eigenvalue weighted by Crippen LogP contribution is -2.20. The molecule has 0 radical (unpaired) electrons. The van der Waals surface area contributed by atoms with E-state index in [-0.39, 0.29) is 0 Å². The smallest absolute Gasteiger partial charge is 0.162 e. The highest BCUT2D eigenvalue weighted by Gasteiger charge is 2.14. The van der Waals surface area contributed by atoms with Gasteiger partial charge in [0, 0.05) is 42.8 Å². The number of aryl methyl sites for hydroxylation is 1. The second-order valence-corrected chi connectivity index (χ2v) is 10.6. The molecule has 0 unspecified atom stereocenters. The van der Waals surface area contributed by atoms with Gasteiger partial charge < -0.3 is 25.0 Å². The first-order chi connectivity index (χ1) is 18.4. The van der Waals surface area contributed by atoms with Gasteiger partial charge in [-0.2, -0.15) is 0 Å². The van der Waals surface area contributed by atoms with Crippen LogP contribution in [0.1, 0.15) is 24.0 Å². The van der Waals surface area contributed by atoms with Crippen molar-refractivity contribution in [2.24, 2.45) is 7.05 Å². The molecule has 0 spiro atoms. The van der Waals surface area contributed by atoms with Crippen molar-refractivity contribution < 1.29 is 0 Å². The van der Waals surface area contributed by atoms with E-state index in [0.717, 1.165) is 85.8 Å². The van der Waals surface area contributed by atoms with Gasteiger partial charge in [-0.15, -0.1) is 0 Å². The third-order valence-electron chi connectivity index (χ3n) is 6.74. The van der Waals surface area contributed by atoms with E-state index in [2.05, 4.69) is 114 Å². The summed E-state index contributed by atoms with van der Waals surface area (Å²) in [5, 5.41) is 8.15. The standard InChI is InChI=1S/C31H43N7/c1-36(2)19-6-17-32-22-24-8-12-26(13-9-24)29-28-16-21-38(5)31(28)35-30(34-29)27-14-10-25(11-15-27)23-33-18-7-20-37(3)4/h8-16,21,32-33H,6-7,17-20,22-23H2,1-5H3. The summed E-state index contributed by atoms with van der Waals surface area (Å²) in [5.74, 6) is 0.756. The van der Waals surface area contributed by atoms with Crippen LogP contribution >= 0.6 is 0 Å². The Morgan fingerprint density at radius 2 is 1.21 bits per heavy atom. The first-order valence-electron chi connectivity index (χ1n) is 13.6. The first kappa shape index (κ1) is 27.9. The molecule has 0 aliphatic carbocycles. The van der Waals surface area contributed by atoms with Gasteiger partial charge in [-0.3, -0.25) is 0 Å². The quantitative estimate of drug-likeness (QED) is 0.244. The molecular formula is C31H43N7. The number of hydrogen-bond acceptors (Lipinski definition) is 6. The Morgan fingerprint density at radius 3 is 1.74 bits per heavy atom. The first-order valence-corrected chi connectivity index (χ1v) is 13.6. The van der Waals surface area contributed by atoms with Crippen molar-refractivity contribution in [1.29, 1.82) is 0 Å². The Labute approximate surface area is 227 Å². The summed E-state index contributed by atoms with van der Waals surface area (Å²) in [5.41, 5.74) is 6.61. The van der Waals surface area contributed by atoms with Crippen molar-refractivity contribution in [3.8, 4) is 22.6 Å². The highest BCUT2D eigenvalue weighted by Crippen LogP contribution is 2.30. The fourth-order valence-corrected chi connectivity index (χ4v) is 4.54. The Bertz CT molecular complexity index is 1270.